The summed E-state index contributed by atoms with van der Waals surface area (Å²) >= 11 is 0. The number of pyridine rings is 1. The van der Waals surface area contributed by atoms with Crippen LogP contribution in [0.3, 0.4) is 0 Å². The van der Waals surface area contributed by atoms with Gasteiger partial charge in [0, 0.05) is 93.4 Å². The highest BCUT2D eigenvalue weighted by atomic mass is 32.2. The van der Waals surface area contributed by atoms with Crippen LogP contribution in [0.25, 0.3) is 11.0 Å². The molecule has 0 bridgehead atoms. The molecule has 17 nitrogen and oxygen atoms in total. The van der Waals surface area contributed by atoms with Crippen LogP contribution in [0, 0.1) is 27.3 Å². The lowest BCUT2D eigenvalue weighted by atomic mass is 9.59. The van der Waals surface area contributed by atoms with E-state index in [4.69, 9.17) is 9.47 Å². The van der Waals surface area contributed by atoms with Crippen LogP contribution in [0.5, 0.6) is 17.2 Å². The topological polar surface area (TPSA) is 208 Å². The van der Waals surface area contributed by atoms with Crippen LogP contribution in [-0.2, 0) is 16.6 Å². The van der Waals surface area contributed by atoms with Gasteiger partial charge in [-0.2, -0.15) is 0 Å². The van der Waals surface area contributed by atoms with E-state index in [1.165, 1.54) is 53.3 Å². The second kappa shape index (κ2) is 21.6. The van der Waals surface area contributed by atoms with Crippen molar-refractivity contribution in [2.75, 3.05) is 61.9 Å². The first-order valence-electron chi connectivity index (χ1n) is 26.8. The Hall–Kier alpha value is -6.80. The number of hydrogen-bond donors (Lipinski definition) is 5. The van der Waals surface area contributed by atoms with Crippen LogP contribution in [0.4, 0.5) is 27.1 Å². The van der Waals surface area contributed by atoms with E-state index in [1.807, 2.05) is 0 Å². The van der Waals surface area contributed by atoms with E-state index in [2.05, 4.69) is 110 Å². The Morgan fingerprint density at radius 3 is 2.45 bits per heavy atom. The molecule has 6 aromatic rings. The molecule has 2 saturated carbocycles. The van der Waals surface area contributed by atoms with Gasteiger partial charge >= 0.3 is 0 Å². The predicted octanol–water partition coefficient (Wildman–Crippen LogP) is 10.4. The third-order valence-electron chi connectivity index (χ3n) is 16.2. The van der Waals surface area contributed by atoms with Gasteiger partial charge in [0.15, 0.2) is 0 Å². The van der Waals surface area contributed by atoms with Crippen molar-refractivity contribution < 1.29 is 37.1 Å². The summed E-state index contributed by atoms with van der Waals surface area (Å²) in [4.78, 5) is 39.8. The average Bonchev–Trinajstić information content (AvgIpc) is 3.76. The van der Waals surface area contributed by atoms with Crippen molar-refractivity contribution >= 4 is 49.7 Å². The molecule has 2 aromatic heterocycles. The number of nitro groups is 1. The molecule has 4 heterocycles. The fourth-order valence-corrected chi connectivity index (χ4v) is 13.0. The Balaban J connectivity index is 0.844. The molecule has 1 atom stereocenters. The van der Waals surface area contributed by atoms with Gasteiger partial charge in [0.25, 0.3) is 21.6 Å². The first-order chi connectivity index (χ1) is 36.8. The number of hydrogen-bond acceptors (Lipinski definition) is 14. The van der Waals surface area contributed by atoms with Gasteiger partial charge in [0.05, 0.1) is 45.4 Å². The van der Waals surface area contributed by atoms with Gasteiger partial charge in [-0.3, -0.25) is 24.7 Å². The maximum atomic E-state index is 14.7. The van der Waals surface area contributed by atoms with Crippen LogP contribution in [-0.4, -0.2) is 108 Å². The normalized spacial score (nSPS) is 21.0. The summed E-state index contributed by atoms with van der Waals surface area (Å²) in [5.74, 6) is -0.0480. The molecule has 1 amide bonds. The highest BCUT2D eigenvalue weighted by Crippen LogP contribution is 2.54. The molecule has 1 spiro atoms. The van der Waals surface area contributed by atoms with E-state index in [0.717, 1.165) is 88.1 Å². The summed E-state index contributed by atoms with van der Waals surface area (Å²) < 4.78 is 56.6. The van der Waals surface area contributed by atoms with E-state index >= 15 is 0 Å². The largest absolute Gasteiger partial charge is 0.495 e. The summed E-state index contributed by atoms with van der Waals surface area (Å²) in [6, 6.07) is 26.1. The number of halogens is 1. The molecule has 0 unspecified atom stereocenters. The monoisotopic (exact) mass is 1070 g/mol. The number of aliphatic hydroxyl groups is 1. The number of nitrogens with zero attached hydrogens (tertiary/aromatic N) is 5. The number of amides is 1. The molecule has 408 valence electrons. The lowest BCUT2D eigenvalue weighted by Crippen LogP contribution is -2.68. The standard InChI is InChI=1S/C58H70FN9O8S/c1-36(2)44-9-7-8-10-45(44)52-33-65(32-39-11-15-50(63-37(3)4)54(23-39)75-6)21-22-67(52)41-27-58(28-41)34-66(35-58)40-12-14-46(53(24-40)76-42-25-47-48(59)31-62-55(47)61-30-42)56(69)64-77(73,74)43-13-16-49(51(26-43)68(71)72)60-29-38-17-19-57(5,70)20-18-38/h7-16,23-26,30-31,36-38,41,52,60,63,70H,17-22,27-29,32-35H2,1-6H3,(H,61,62)(H,64,69)/t38-,52-,57-/m0/s1. The number of ether oxygens (including phenoxy) is 2. The lowest BCUT2D eigenvalue weighted by molar-refractivity contribution is -0.384. The Labute approximate surface area is 449 Å². The maximum absolute atomic E-state index is 14.7. The molecule has 4 aromatic carbocycles. The third-order valence-corrected chi connectivity index (χ3v) is 17.5. The second-order valence-electron chi connectivity index (χ2n) is 22.7. The number of nitro benzene ring substituents is 1. The zero-order valence-corrected chi connectivity index (χ0v) is 45.5. The molecule has 4 fully saturated rings. The van der Waals surface area contributed by atoms with Crippen LogP contribution >= 0.6 is 0 Å². The predicted molar refractivity (Wildman–Crippen MR) is 296 cm³/mol. The van der Waals surface area contributed by atoms with Gasteiger partial charge in [-0.15, -0.1) is 0 Å². The molecule has 5 N–H and O–H groups in total. The zero-order valence-electron chi connectivity index (χ0n) is 44.6. The zero-order chi connectivity index (χ0) is 54.4. The van der Waals surface area contributed by atoms with Crippen LogP contribution < -0.4 is 29.7 Å². The van der Waals surface area contributed by atoms with Gasteiger partial charge in [0.2, 0.25) is 0 Å². The second-order valence-corrected chi connectivity index (χ2v) is 24.4. The van der Waals surface area contributed by atoms with E-state index < -0.39 is 42.9 Å². The maximum Gasteiger partial charge on any atom is 0.293 e. The molecule has 2 aliphatic carbocycles. The Kier molecular flexibility index (Phi) is 15.0. The average molecular weight is 1070 g/mol. The fourth-order valence-electron chi connectivity index (χ4n) is 12.0. The number of aromatic nitrogens is 2. The van der Waals surface area contributed by atoms with Crippen molar-refractivity contribution in [3.63, 3.8) is 0 Å². The first kappa shape index (κ1) is 53.6. The molecule has 19 heteroatoms. The summed E-state index contributed by atoms with van der Waals surface area (Å²) in [5.41, 5.74) is 4.92. The van der Waals surface area contributed by atoms with E-state index in [-0.39, 0.29) is 51.6 Å². The number of aromatic amines is 1. The number of piperazine rings is 1. The molecule has 0 radical (unpaired) electrons. The number of rotatable bonds is 18. The van der Waals surface area contributed by atoms with Crippen molar-refractivity contribution in [3.05, 3.63) is 136 Å². The summed E-state index contributed by atoms with van der Waals surface area (Å²) in [6.07, 6.45) is 7.34. The molecular formula is C58H70FN9O8S. The Bertz CT molecular complexity index is 3270. The minimum Gasteiger partial charge on any atom is -0.495 e. The van der Waals surface area contributed by atoms with Crippen molar-refractivity contribution in [1.29, 1.82) is 0 Å². The summed E-state index contributed by atoms with van der Waals surface area (Å²) in [5, 5.41) is 29.4. The summed E-state index contributed by atoms with van der Waals surface area (Å²) in [7, 11) is -2.93. The number of carbonyl (C=O) groups is 1. The Morgan fingerprint density at radius 2 is 1.73 bits per heavy atom. The Morgan fingerprint density at radius 1 is 0.974 bits per heavy atom. The molecular weight excluding hydrogens is 1000 g/mol. The SMILES string of the molecule is COc1cc(CN2CCN(C3CC4(C3)CN(c3ccc(C(=O)NS(=O)(=O)c5ccc(NC[C@H]6CC[C@](C)(O)CC6)c([N+](=O)[O-])c5)c(Oc5cnc6[nH]cc(F)c6c5)c3)C4)[C@H](c3ccccc3C(C)C)C2)ccc1NC(C)C. The molecule has 10 rings (SSSR count). The van der Waals surface area contributed by atoms with E-state index in [0.29, 0.717) is 37.0 Å². The molecule has 77 heavy (non-hydrogen) atoms. The van der Waals surface area contributed by atoms with Crippen molar-refractivity contribution in [2.24, 2.45) is 11.3 Å². The molecule has 2 saturated heterocycles. The minimum atomic E-state index is -4.65. The van der Waals surface area contributed by atoms with Gasteiger partial charge in [-0.05, 0) is 130 Å². The molecule has 4 aliphatic rings. The fraction of sp³-hybridized carbons (Fsp3) is 0.448. The van der Waals surface area contributed by atoms with Crippen molar-refractivity contribution in [3.8, 4) is 17.2 Å². The number of methoxy groups -OCH3 is 1. The number of nitrogens with one attached hydrogen (secondary N) is 4. The van der Waals surface area contributed by atoms with Gasteiger partial charge < -0.3 is 35.1 Å². The summed E-state index contributed by atoms with van der Waals surface area (Å²) in [6.45, 7) is 16.1. The first-order valence-corrected chi connectivity index (χ1v) is 28.3. The van der Waals surface area contributed by atoms with Crippen LogP contribution in [0.15, 0.2) is 102 Å². The molecule has 2 aliphatic heterocycles. The van der Waals surface area contributed by atoms with Gasteiger partial charge in [0.1, 0.15) is 34.4 Å². The van der Waals surface area contributed by atoms with Crippen molar-refractivity contribution in [2.45, 2.75) is 114 Å². The number of benzene rings is 4. The highest BCUT2D eigenvalue weighted by Gasteiger charge is 2.55. The van der Waals surface area contributed by atoms with Gasteiger partial charge in [-0.1, -0.05) is 44.2 Å². The smallest absolute Gasteiger partial charge is 0.293 e. The number of H-pyrrole nitrogens is 1. The minimum absolute atomic E-state index is 0.0145. The van der Waals surface area contributed by atoms with E-state index in [1.54, 1.807) is 26.2 Å². The van der Waals surface area contributed by atoms with Crippen LogP contribution in [0.2, 0.25) is 0 Å². The van der Waals surface area contributed by atoms with E-state index in [9.17, 15) is 32.8 Å². The van der Waals surface area contributed by atoms with Crippen LogP contribution in [0.1, 0.15) is 112 Å². The number of sulfonamides is 1. The number of anilines is 3. The van der Waals surface area contributed by atoms with Gasteiger partial charge in [-0.25, -0.2) is 22.5 Å². The quantitative estimate of drug-likeness (QED) is 0.0401. The highest BCUT2D eigenvalue weighted by molar-refractivity contribution is 7.90. The van der Waals surface area contributed by atoms with Crippen molar-refractivity contribution in [1.82, 2.24) is 24.5 Å². The number of fused-ring (bicyclic) bond motifs is 1. The number of carbonyl (C=O) groups excluding carboxylic acids is 1. The third kappa shape index (κ3) is 11.6. The lowest BCUT2D eigenvalue weighted by Gasteiger charge is -2.63.